The molecule has 4 rings (SSSR count). The summed E-state index contributed by atoms with van der Waals surface area (Å²) in [5, 5.41) is 33.1. The molecular formula is C29H33F3N4O2. The molecule has 9 heteroatoms. The molecule has 38 heavy (non-hydrogen) atoms. The highest BCUT2D eigenvalue weighted by Crippen LogP contribution is 2.38. The Morgan fingerprint density at radius 3 is 2.42 bits per heavy atom. The highest BCUT2D eigenvalue weighted by molar-refractivity contribution is 6.11. The molecule has 0 aliphatic heterocycles. The summed E-state index contributed by atoms with van der Waals surface area (Å²) in [4.78, 5) is 0. The lowest BCUT2D eigenvalue weighted by atomic mass is 9.99. The van der Waals surface area contributed by atoms with Gasteiger partial charge in [-0.05, 0) is 68.9 Å². The lowest BCUT2D eigenvalue weighted by Gasteiger charge is -2.24. The third-order valence-corrected chi connectivity index (χ3v) is 7.02. The quantitative estimate of drug-likeness (QED) is 0.0878. The number of hydrogen-bond acceptors (Lipinski definition) is 5. The Hall–Kier alpha value is -3.59. The maximum atomic E-state index is 14.5. The zero-order valence-corrected chi connectivity index (χ0v) is 21.3. The third-order valence-electron chi connectivity index (χ3n) is 7.02. The number of amidine groups is 1. The molecule has 0 amide bonds. The van der Waals surface area contributed by atoms with Gasteiger partial charge >= 0.3 is 0 Å². The predicted octanol–water partition coefficient (Wildman–Crippen LogP) is 6.23. The summed E-state index contributed by atoms with van der Waals surface area (Å²) in [7, 11) is 1.56. The van der Waals surface area contributed by atoms with Gasteiger partial charge in [-0.3, -0.25) is 10.8 Å². The minimum absolute atomic E-state index is 0.00702. The van der Waals surface area contributed by atoms with Crippen molar-refractivity contribution >= 4 is 17.2 Å². The van der Waals surface area contributed by atoms with Crippen LogP contribution in [0.25, 0.3) is 0 Å². The van der Waals surface area contributed by atoms with Crippen LogP contribution in [0.2, 0.25) is 0 Å². The molecule has 0 radical (unpaired) electrons. The molecule has 0 saturated heterocycles. The van der Waals surface area contributed by atoms with Crippen LogP contribution in [0.4, 0.5) is 18.9 Å². The fraction of sp³-hybridized carbons (Fsp3) is 0.379. The van der Waals surface area contributed by atoms with E-state index in [9.17, 15) is 18.3 Å². The maximum absolute atomic E-state index is 14.5. The van der Waals surface area contributed by atoms with Crippen molar-refractivity contribution in [3.05, 3.63) is 88.5 Å². The first-order chi connectivity index (χ1) is 18.2. The number of halogens is 3. The average Bonchev–Trinajstić information content (AvgIpc) is 3.73. The monoisotopic (exact) mass is 526 g/mol. The highest BCUT2D eigenvalue weighted by Gasteiger charge is 2.32. The number of nitrogens with one attached hydrogen (secondary N) is 4. The second-order valence-electron chi connectivity index (χ2n) is 9.93. The van der Waals surface area contributed by atoms with Crippen molar-refractivity contribution in [2.75, 3.05) is 19.0 Å². The SMILES string of the molecule is C=C1CCC(Nc2ccc(C(=N)NC)c(F)c2)CC(OC/C(C(=N)c2c(F)cccc2F)=C(/O)C2CC2)C1. The van der Waals surface area contributed by atoms with Gasteiger partial charge in [0.05, 0.1) is 29.5 Å². The Morgan fingerprint density at radius 2 is 1.79 bits per heavy atom. The van der Waals surface area contributed by atoms with Crippen molar-refractivity contribution in [1.82, 2.24) is 5.32 Å². The summed E-state index contributed by atoms with van der Waals surface area (Å²) in [5.74, 6) is -2.44. The van der Waals surface area contributed by atoms with Crippen LogP contribution in [-0.4, -0.2) is 42.5 Å². The van der Waals surface area contributed by atoms with E-state index in [0.29, 0.717) is 18.5 Å². The van der Waals surface area contributed by atoms with E-state index in [0.717, 1.165) is 43.4 Å². The lowest BCUT2D eigenvalue weighted by Crippen LogP contribution is -2.27. The molecule has 2 fully saturated rings. The molecule has 0 aromatic heterocycles. The maximum Gasteiger partial charge on any atom is 0.136 e. The number of hydrogen-bond donors (Lipinski definition) is 5. The summed E-state index contributed by atoms with van der Waals surface area (Å²) < 4.78 is 49.5. The molecule has 2 unspecified atom stereocenters. The minimum Gasteiger partial charge on any atom is -0.512 e. The van der Waals surface area contributed by atoms with Gasteiger partial charge in [-0.25, -0.2) is 13.2 Å². The van der Waals surface area contributed by atoms with E-state index in [2.05, 4.69) is 17.2 Å². The summed E-state index contributed by atoms with van der Waals surface area (Å²) in [6, 6.07) is 7.96. The summed E-state index contributed by atoms with van der Waals surface area (Å²) >= 11 is 0. The van der Waals surface area contributed by atoms with Gasteiger partial charge in [-0.15, -0.1) is 0 Å². The second kappa shape index (κ2) is 11.9. The molecule has 6 nitrogen and oxygen atoms in total. The predicted molar refractivity (Wildman–Crippen MR) is 143 cm³/mol. The molecule has 0 heterocycles. The van der Waals surface area contributed by atoms with Crippen molar-refractivity contribution in [2.45, 2.75) is 50.7 Å². The number of rotatable bonds is 9. The summed E-state index contributed by atoms with van der Waals surface area (Å²) in [6.07, 6.45) is 3.77. The molecule has 5 N–H and O–H groups in total. The molecule has 202 valence electrons. The second-order valence-corrected chi connectivity index (χ2v) is 9.93. The van der Waals surface area contributed by atoms with Crippen LogP contribution < -0.4 is 10.6 Å². The Bertz CT molecular complexity index is 1250. The van der Waals surface area contributed by atoms with Gasteiger partial charge in [0, 0.05) is 30.3 Å². The molecule has 2 aromatic carbocycles. The Kier molecular flexibility index (Phi) is 8.56. The van der Waals surface area contributed by atoms with E-state index in [1.165, 1.54) is 12.1 Å². The van der Waals surface area contributed by atoms with Gasteiger partial charge in [-0.2, -0.15) is 0 Å². The Balaban J connectivity index is 1.48. The first-order valence-corrected chi connectivity index (χ1v) is 12.7. The van der Waals surface area contributed by atoms with E-state index in [1.54, 1.807) is 19.2 Å². The first-order valence-electron chi connectivity index (χ1n) is 12.7. The fourth-order valence-electron chi connectivity index (χ4n) is 4.72. The molecule has 2 aliphatic rings. The largest absolute Gasteiger partial charge is 0.512 e. The van der Waals surface area contributed by atoms with Crippen LogP contribution in [0, 0.1) is 34.2 Å². The Labute approximate surface area is 220 Å². The van der Waals surface area contributed by atoms with E-state index in [-0.39, 0.29) is 47.4 Å². The Morgan fingerprint density at radius 1 is 1.08 bits per heavy atom. The van der Waals surface area contributed by atoms with Crippen molar-refractivity contribution in [1.29, 1.82) is 10.8 Å². The third kappa shape index (κ3) is 6.45. The number of anilines is 1. The number of allylic oxidation sites excluding steroid dienone is 1. The van der Waals surface area contributed by atoms with Crippen LogP contribution in [-0.2, 0) is 4.74 Å². The van der Waals surface area contributed by atoms with E-state index in [1.807, 2.05) is 0 Å². The number of ether oxygens (including phenoxy) is 1. The van der Waals surface area contributed by atoms with Gasteiger partial charge < -0.3 is 20.5 Å². The van der Waals surface area contributed by atoms with Crippen molar-refractivity contribution in [3.63, 3.8) is 0 Å². The normalized spacial score (nSPS) is 20.4. The summed E-state index contributed by atoms with van der Waals surface area (Å²) in [5.41, 5.74) is 0.915. The van der Waals surface area contributed by atoms with Crippen molar-refractivity contribution in [2.24, 2.45) is 5.92 Å². The van der Waals surface area contributed by atoms with E-state index < -0.39 is 28.7 Å². The van der Waals surface area contributed by atoms with Gasteiger partial charge in [0.1, 0.15) is 29.0 Å². The van der Waals surface area contributed by atoms with Crippen molar-refractivity contribution < 1.29 is 23.0 Å². The molecule has 2 aliphatic carbocycles. The number of aliphatic hydroxyl groups excluding tert-OH is 1. The van der Waals surface area contributed by atoms with E-state index in [4.69, 9.17) is 15.6 Å². The van der Waals surface area contributed by atoms with Gasteiger partial charge in [0.2, 0.25) is 0 Å². The molecule has 2 saturated carbocycles. The van der Waals surface area contributed by atoms with Crippen LogP contribution in [0.5, 0.6) is 0 Å². The van der Waals surface area contributed by atoms with Crippen LogP contribution in [0.3, 0.4) is 0 Å². The molecule has 2 aromatic rings. The topological polar surface area (TPSA) is 101 Å². The van der Waals surface area contributed by atoms with Crippen LogP contribution >= 0.6 is 0 Å². The van der Waals surface area contributed by atoms with E-state index >= 15 is 0 Å². The van der Waals surface area contributed by atoms with Crippen molar-refractivity contribution in [3.8, 4) is 0 Å². The average molecular weight is 527 g/mol. The molecule has 0 spiro atoms. The molecular weight excluding hydrogens is 493 g/mol. The summed E-state index contributed by atoms with van der Waals surface area (Å²) in [6.45, 7) is 3.95. The van der Waals surface area contributed by atoms with Gasteiger partial charge in [0.15, 0.2) is 0 Å². The standard InChI is InChI=1S/C29H33F3N4O2/c1-16-6-9-18(36-19-10-11-21(25(32)14-19)29(34)35-2)13-20(12-16)38-15-22(28(37)17-7-8-17)27(33)26-23(30)4-3-5-24(26)31/h3-5,10-11,14,17-18,20,33,36-37H,1,6-9,12-13,15H2,2H3,(H2,34,35)/b28-22-,33-27?. The fourth-order valence-corrected chi connectivity index (χ4v) is 4.72. The zero-order valence-electron chi connectivity index (χ0n) is 21.3. The smallest absolute Gasteiger partial charge is 0.136 e. The molecule has 2 atom stereocenters. The zero-order chi connectivity index (χ0) is 27.4. The van der Waals surface area contributed by atoms with Crippen LogP contribution in [0.15, 0.2) is 59.9 Å². The molecule has 0 bridgehead atoms. The highest BCUT2D eigenvalue weighted by atomic mass is 19.1. The minimum atomic E-state index is -0.869. The van der Waals surface area contributed by atoms with Crippen LogP contribution in [0.1, 0.15) is 49.7 Å². The first kappa shape index (κ1) is 27.4. The number of aliphatic hydroxyl groups is 1. The van der Waals surface area contributed by atoms with Gasteiger partial charge in [0.25, 0.3) is 0 Å². The number of benzene rings is 2. The lowest BCUT2D eigenvalue weighted by molar-refractivity contribution is 0.0633. The van der Waals surface area contributed by atoms with Gasteiger partial charge in [-0.1, -0.05) is 18.2 Å².